The van der Waals surface area contributed by atoms with Gasteiger partial charge in [-0.2, -0.15) is 0 Å². The van der Waals surface area contributed by atoms with Gasteiger partial charge in [0.05, 0.1) is 6.10 Å². The number of rotatable bonds is 8. The zero-order chi connectivity index (χ0) is 13.4. The van der Waals surface area contributed by atoms with Crippen LogP contribution in [0, 0.1) is 5.92 Å². The molecule has 0 radical (unpaired) electrons. The number of aliphatic hydroxyl groups excluding tert-OH is 1. The van der Waals surface area contributed by atoms with E-state index in [0.717, 1.165) is 19.3 Å². The molecule has 0 aliphatic rings. The lowest BCUT2D eigenvalue weighted by molar-refractivity contribution is 0.124. The minimum atomic E-state index is -0.276. The third-order valence-electron chi connectivity index (χ3n) is 3.26. The second kappa shape index (κ2) is 8.63. The summed E-state index contributed by atoms with van der Waals surface area (Å²) in [6, 6.07) is 10.4. The van der Waals surface area contributed by atoms with E-state index in [9.17, 15) is 5.11 Å². The average Bonchev–Trinajstić information content (AvgIpc) is 2.36. The summed E-state index contributed by atoms with van der Waals surface area (Å²) in [5.74, 6) is 0.716. The molecule has 0 heterocycles. The molecule has 0 amide bonds. The molecule has 0 spiro atoms. The smallest absolute Gasteiger partial charge is 0.0699 e. The molecule has 0 fully saturated rings. The quantitative estimate of drug-likeness (QED) is 0.709. The molecule has 18 heavy (non-hydrogen) atoms. The van der Waals surface area contributed by atoms with E-state index in [-0.39, 0.29) is 12.1 Å². The largest absolute Gasteiger partial charge is 0.391 e. The Bertz CT molecular complexity index is 316. The van der Waals surface area contributed by atoms with Gasteiger partial charge in [0.2, 0.25) is 0 Å². The SMILES string of the molecule is CC(C)CCCC(O)C(Cc1ccccc1)NP. The highest BCUT2D eigenvalue weighted by molar-refractivity contribution is 7.13. The number of aliphatic hydroxyl groups is 1. The minimum absolute atomic E-state index is 0.115. The van der Waals surface area contributed by atoms with Crippen LogP contribution in [0.25, 0.3) is 0 Å². The molecule has 3 atom stereocenters. The maximum atomic E-state index is 10.2. The standard InChI is InChI=1S/C15H26NOP/c1-12(2)7-6-10-15(17)14(16-18)11-13-8-4-3-5-9-13/h3-5,8-9,12,14-17H,6-7,10-11,18H2,1-2H3. The molecule has 0 saturated carbocycles. The van der Waals surface area contributed by atoms with Gasteiger partial charge in [0.1, 0.15) is 0 Å². The highest BCUT2D eigenvalue weighted by Crippen LogP contribution is 2.14. The lowest BCUT2D eigenvalue weighted by Crippen LogP contribution is -2.36. The molecule has 3 heteroatoms. The van der Waals surface area contributed by atoms with Crippen LogP contribution in [0.4, 0.5) is 0 Å². The number of hydrogen-bond donors (Lipinski definition) is 2. The Balaban J connectivity index is 2.40. The third kappa shape index (κ3) is 5.95. The van der Waals surface area contributed by atoms with Crippen molar-refractivity contribution in [2.24, 2.45) is 5.92 Å². The van der Waals surface area contributed by atoms with Gasteiger partial charge >= 0.3 is 0 Å². The van der Waals surface area contributed by atoms with Gasteiger partial charge in [-0.15, -0.1) is 0 Å². The molecule has 2 nitrogen and oxygen atoms in total. The monoisotopic (exact) mass is 267 g/mol. The van der Waals surface area contributed by atoms with Crippen LogP contribution in [0.5, 0.6) is 0 Å². The third-order valence-corrected chi connectivity index (χ3v) is 3.69. The van der Waals surface area contributed by atoms with E-state index in [1.54, 1.807) is 0 Å². The first-order valence-corrected chi connectivity index (χ1v) is 7.39. The Morgan fingerprint density at radius 1 is 1.17 bits per heavy atom. The summed E-state index contributed by atoms with van der Waals surface area (Å²) in [5, 5.41) is 13.4. The van der Waals surface area contributed by atoms with Gasteiger partial charge in [-0.25, -0.2) is 0 Å². The molecule has 0 aliphatic carbocycles. The predicted molar refractivity (Wildman–Crippen MR) is 81.5 cm³/mol. The van der Waals surface area contributed by atoms with Gasteiger partial charge in [-0.3, -0.25) is 5.09 Å². The second-order valence-corrected chi connectivity index (χ2v) is 5.69. The Morgan fingerprint density at radius 3 is 2.39 bits per heavy atom. The summed E-state index contributed by atoms with van der Waals surface area (Å²) in [7, 11) is 2.53. The molecule has 2 N–H and O–H groups in total. The molecule has 3 unspecified atom stereocenters. The van der Waals surface area contributed by atoms with E-state index in [1.807, 2.05) is 18.2 Å². The topological polar surface area (TPSA) is 32.3 Å². The van der Waals surface area contributed by atoms with Crippen LogP contribution in [0.1, 0.15) is 38.7 Å². The van der Waals surface area contributed by atoms with Crippen molar-refractivity contribution in [2.75, 3.05) is 0 Å². The molecule has 0 bridgehead atoms. The molecule has 0 saturated heterocycles. The fraction of sp³-hybridized carbons (Fsp3) is 0.600. The van der Waals surface area contributed by atoms with Crippen LogP contribution in [0.2, 0.25) is 0 Å². The molecule has 102 valence electrons. The van der Waals surface area contributed by atoms with E-state index >= 15 is 0 Å². The molecule has 1 aromatic carbocycles. The van der Waals surface area contributed by atoms with Gasteiger partial charge in [0.15, 0.2) is 0 Å². The van der Waals surface area contributed by atoms with Gasteiger partial charge in [0.25, 0.3) is 0 Å². The summed E-state index contributed by atoms with van der Waals surface area (Å²) < 4.78 is 0. The molecule has 0 aromatic heterocycles. The van der Waals surface area contributed by atoms with Gasteiger partial charge < -0.3 is 5.11 Å². The first kappa shape index (κ1) is 15.6. The van der Waals surface area contributed by atoms with Crippen molar-refractivity contribution in [1.82, 2.24) is 5.09 Å². The predicted octanol–water partition coefficient (Wildman–Crippen LogP) is 3.16. The minimum Gasteiger partial charge on any atom is -0.391 e. The van der Waals surface area contributed by atoms with Crippen molar-refractivity contribution in [2.45, 2.75) is 51.7 Å². The zero-order valence-corrected chi connectivity index (χ0v) is 12.6. The summed E-state index contributed by atoms with van der Waals surface area (Å²) in [6.45, 7) is 4.45. The Hall–Kier alpha value is -0.430. The van der Waals surface area contributed by atoms with Crippen LogP contribution < -0.4 is 5.09 Å². The molecule has 1 aromatic rings. The first-order valence-electron chi connectivity index (χ1n) is 6.81. The van der Waals surface area contributed by atoms with E-state index in [2.05, 4.69) is 40.5 Å². The van der Waals surface area contributed by atoms with Crippen molar-refractivity contribution < 1.29 is 5.11 Å². The summed E-state index contributed by atoms with van der Waals surface area (Å²) in [4.78, 5) is 0. The lowest BCUT2D eigenvalue weighted by atomic mass is 9.97. The lowest BCUT2D eigenvalue weighted by Gasteiger charge is -2.22. The van der Waals surface area contributed by atoms with Crippen LogP contribution >= 0.6 is 9.39 Å². The Morgan fingerprint density at radius 2 is 1.83 bits per heavy atom. The second-order valence-electron chi connectivity index (χ2n) is 5.35. The van der Waals surface area contributed by atoms with Crippen molar-refractivity contribution in [3.8, 4) is 0 Å². The molecule has 1 rings (SSSR count). The molecule has 0 aliphatic heterocycles. The number of nitrogens with one attached hydrogen (secondary N) is 1. The van der Waals surface area contributed by atoms with E-state index in [4.69, 9.17) is 0 Å². The van der Waals surface area contributed by atoms with E-state index in [0.29, 0.717) is 5.92 Å². The van der Waals surface area contributed by atoms with Crippen molar-refractivity contribution in [3.63, 3.8) is 0 Å². The van der Waals surface area contributed by atoms with Crippen LogP contribution in [-0.2, 0) is 6.42 Å². The first-order chi connectivity index (χ1) is 8.63. The molecular weight excluding hydrogens is 241 g/mol. The maximum absolute atomic E-state index is 10.2. The summed E-state index contributed by atoms with van der Waals surface area (Å²) in [6.07, 6.45) is 3.74. The van der Waals surface area contributed by atoms with Crippen molar-refractivity contribution >= 4 is 9.39 Å². The fourth-order valence-corrected chi connectivity index (χ4v) is 2.45. The van der Waals surface area contributed by atoms with Gasteiger partial charge in [0, 0.05) is 6.04 Å². The highest BCUT2D eigenvalue weighted by Gasteiger charge is 2.17. The average molecular weight is 267 g/mol. The van der Waals surface area contributed by atoms with Crippen molar-refractivity contribution in [1.29, 1.82) is 0 Å². The Labute approximate surface area is 113 Å². The van der Waals surface area contributed by atoms with E-state index in [1.165, 1.54) is 12.0 Å². The number of benzene rings is 1. The Kier molecular flexibility index (Phi) is 7.50. The summed E-state index contributed by atoms with van der Waals surface area (Å²) >= 11 is 0. The van der Waals surface area contributed by atoms with Crippen molar-refractivity contribution in [3.05, 3.63) is 35.9 Å². The maximum Gasteiger partial charge on any atom is 0.0699 e. The van der Waals surface area contributed by atoms with Crippen LogP contribution in [0.15, 0.2) is 30.3 Å². The number of hydrogen-bond acceptors (Lipinski definition) is 2. The van der Waals surface area contributed by atoms with Crippen LogP contribution in [-0.4, -0.2) is 17.3 Å². The van der Waals surface area contributed by atoms with Gasteiger partial charge in [-0.1, -0.05) is 66.4 Å². The van der Waals surface area contributed by atoms with Crippen LogP contribution in [0.3, 0.4) is 0 Å². The summed E-state index contributed by atoms with van der Waals surface area (Å²) in [5.41, 5.74) is 1.26. The normalized spacial score (nSPS) is 14.7. The fourth-order valence-electron chi connectivity index (χ4n) is 2.11. The van der Waals surface area contributed by atoms with Gasteiger partial charge in [-0.05, 0) is 24.3 Å². The zero-order valence-electron chi connectivity index (χ0n) is 11.5. The van der Waals surface area contributed by atoms with E-state index < -0.39 is 0 Å². The highest BCUT2D eigenvalue weighted by atomic mass is 31.0. The molecular formula is C15H26NOP.